The summed E-state index contributed by atoms with van der Waals surface area (Å²) in [7, 11) is 0. The maximum Gasteiger partial charge on any atom is 0.433 e. The maximum absolute atomic E-state index is 13.1. The second-order valence-electron chi connectivity index (χ2n) is 14.4. The van der Waals surface area contributed by atoms with E-state index in [9.17, 15) is 33.1 Å². The van der Waals surface area contributed by atoms with Gasteiger partial charge in [0.2, 0.25) is 12.3 Å². The molecule has 2 amide bonds. The number of piperidine rings is 1. The zero-order chi connectivity index (χ0) is 37.6. The van der Waals surface area contributed by atoms with Crippen LogP contribution in [0, 0.1) is 17.2 Å². The number of pyridine rings is 2. The number of aliphatic hydroxyl groups is 1. The number of anilines is 2. The molecular formula is C38H39F3N10O3. The van der Waals surface area contributed by atoms with Gasteiger partial charge in [0.1, 0.15) is 28.9 Å². The number of imidazole rings is 1. The highest BCUT2D eigenvalue weighted by Crippen LogP contribution is 2.37. The number of aromatic nitrogens is 5. The number of hydrogen-bond donors (Lipinski definition) is 3. The van der Waals surface area contributed by atoms with Gasteiger partial charge in [-0.3, -0.25) is 18.7 Å². The largest absolute Gasteiger partial charge is 0.433 e. The summed E-state index contributed by atoms with van der Waals surface area (Å²) in [6, 6.07) is 12.7. The highest BCUT2D eigenvalue weighted by atomic mass is 19.4. The minimum Gasteiger partial charge on any atom is -0.356 e. The van der Waals surface area contributed by atoms with Crippen LogP contribution in [0.15, 0.2) is 61.1 Å². The first-order valence-corrected chi connectivity index (χ1v) is 18.2. The lowest BCUT2D eigenvalue weighted by molar-refractivity contribution is -0.141. The highest BCUT2D eigenvalue weighted by Gasteiger charge is 2.33. The fourth-order valence-corrected chi connectivity index (χ4v) is 8.19. The Balaban J connectivity index is 0.859. The minimum atomic E-state index is -4.69. The van der Waals surface area contributed by atoms with E-state index in [2.05, 4.69) is 32.7 Å². The van der Waals surface area contributed by atoms with Crippen LogP contribution >= 0.6 is 0 Å². The first-order chi connectivity index (χ1) is 26.0. The Bertz CT molecular complexity index is 2250. The number of nitriles is 1. The molecule has 8 rings (SSSR count). The summed E-state index contributed by atoms with van der Waals surface area (Å²) in [4.78, 5) is 37.1. The van der Waals surface area contributed by atoms with Crippen molar-refractivity contribution in [2.24, 2.45) is 5.92 Å². The van der Waals surface area contributed by atoms with Crippen LogP contribution < -0.4 is 15.5 Å². The van der Waals surface area contributed by atoms with Crippen molar-refractivity contribution in [2.75, 3.05) is 36.4 Å². The topological polar surface area (TPSA) is 157 Å². The van der Waals surface area contributed by atoms with Crippen LogP contribution in [-0.4, -0.2) is 78.5 Å². The van der Waals surface area contributed by atoms with Gasteiger partial charge in [0, 0.05) is 37.3 Å². The molecule has 1 unspecified atom stereocenters. The molecule has 5 aromatic rings. The summed E-state index contributed by atoms with van der Waals surface area (Å²) >= 11 is 0. The molecule has 2 aliphatic heterocycles. The van der Waals surface area contributed by atoms with E-state index in [1.165, 1.54) is 11.6 Å². The van der Waals surface area contributed by atoms with Gasteiger partial charge in [-0.15, -0.1) is 0 Å². The standard InChI is InChI=1S/C38H39F3N10O3/c39-38(40,41)32-5-1-4-29(44-32)36(53)45-30-18-26-22-51(47-31(26)17-25(30)19-42)27-8-6-23(7-9-27)21-48-14-10-24(11-15-48)28-3-2-13-49-34(20-43-35(28)49)50-16-12-33(52)46-37(50)54/h1-5,13,17-18,20,22-24,27,37,54H,6-12,14-16,21H2,(H,45,53)(H,46,52). The fraction of sp³-hybridized carbons (Fsp3) is 0.421. The molecule has 4 aromatic heterocycles. The summed E-state index contributed by atoms with van der Waals surface area (Å²) in [5.74, 6) is 0.700. The molecule has 0 bridgehead atoms. The average molecular weight is 741 g/mol. The lowest BCUT2D eigenvalue weighted by Crippen LogP contribution is -2.54. The summed E-state index contributed by atoms with van der Waals surface area (Å²) in [6.45, 7) is 3.48. The second kappa shape index (κ2) is 14.4. The number of amides is 2. The molecule has 3 N–H and O–H groups in total. The van der Waals surface area contributed by atoms with Gasteiger partial charge in [0.05, 0.1) is 29.0 Å². The minimum absolute atomic E-state index is 0.153. The number of nitrogens with one attached hydrogen (secondary N) is 2. The smallest absolute Gasteiger partial charge is 0.356 e. The van der Waals surface area contributed by atoms with E-state index in [4.69, 9.17) is 10.1 Å². The number of likely N-dealkylation sites (tertiary alicyclic amines) is 1. The van der Waals surface area contributed by atoms with Crippen LogP contribution in [0.4, 0.5) is 24.7 Å². The molecule has 1 saturated carbocycles. The number of carbonyl (C=O) groups is 2. The third-order valence-corrected chi connectivity index (χ3v) is 11.0. The van der Waals surface area contributed by atoms with E-state index in [1.807, 2.05) is 27.5 Å². The number of rotatable bonds is 7. The Morgan fingerprint density at radius 2 is 1.85 bits per heavy atom. The molecule has 280 valence electrons. The van der Waals surface area contributed by atoms with Crippen molar-refractivity contribution in [3.63, 3.8) is 0 Å². The van der Waals surface area contributed by atoms with Crippen LogP contribution in [0.3, 0.4) is 0 Å². The number of benzene rings is 1. The van der Waals surface area contributed by atoms with E-state index in [0.29, 0.717) is 35.7 Å². The molecule has 1 aromatic carbocycles. The molecule has 0 radical (unpaired) electrons. The zero-order valence-electron chi connectivity index (χ0n) is 29.3. The summed E-state index contributed by atoms with van der Waals surface area (Å²) in [5.41, 5.74) is 1.46. The highest BCUT2D eigenvalue weighted by molar-refractivity contribution is 6.04. The van der Waals surface area contributed by atoms with Crippen molar-refractivity contribution in [1.82, 2.24) is 34.4 Å². The Morgan fingerprint density at radius 3 is 2.59 bits per heavy atom. The number of halogens is 3. The molecule has 16 heteroatoms. The molecule has 13 nitrogen and oxygen atoms in total. The monoisotopic (exact) mass is 740 g/mol. The molecule has 1 atom stereocenters. The van der Waals surface area contributed by atoms with Crippen LogP contribution in [0.2, 0.25) is 0 Å². The molecule has 3 fully saturated rings. The Morgan fingerprint density at radius 1 is 1.06 bits per heavy atom. The number of nitrogens with zero attached hydrogens (tertiary/aromatic N) is 8. The first-order valence-electron chi connectivity index (χ1n) is 18.2. The number of hydrogen-bond acceptors (Lipinski definition) is 9. The second-order valence-corrected chi connectivity index (χ2v) is 14.4. The molecule has 54 heavy (non-hydrogen) atoms. The molecule has 0 spiro atoms. The van der Waals surface area contributed by atoms with E-state index >= 15 is 0 Å². The van der Waals surface area contributed by atoms with Crippen LogP contribution in [0.25, 0.3) is 16.6 Å². The fourth-order valence-electron chi connectivity index (χ4n) is 8.19. The van der Waals surface area contributed by atoms with Gasteiger partial charge in [-0.05, 0) is 99.3 Å². The molecule has 3 aliphatic rings. The van der Waals surface area contributed by atoms with Crippen molar-refractivity contribution in [3.05, 3.63) is 83.6 Å². The normalized spacial score (nSPS) is 21.6. The van der Waals surface area contributed by atoms with Crippen molar-refractivity contribution in [3.8, 4) is 6.07 Å². The molecule has 2 saturated heterocycles. The van der Waals surface area contributed by atoms with Crippen molar-refractivity contribution in [1.29, 1.82) is 5.26 Å². The van der Waals surface area contributed by atoms with Crippen LogP contribution in [0.5, 0.6) is 0 Å². The number of aliphatic hydroxyl groups excluding tert-OH is 1. The number of fused-ring (bicyclic) bond motifs is 2. The Labute approximate surface area is 308 Å². The van der Waals surface area contributed by atoms with Crippen LogP contribution in [0.1, 0.15) is 84.2 Å². The quantitative estimate of drug-likeness (QED) is 0.198. The van der Waals surface area contributed by atoms with Crippen molar-refractivity contribution >= 4 is 39.9 Å². The van der Waals surface area contributed by atoms with Gasteiger partial charge in [-0.1, -0.05) is 12.1 Å². The third kappa shape index (κ3) is 7.08. The van der Waals surface area contributed by atoms with E-state index in [0.717, 1.165) is 81.8 Å². The summed E-state index contributed by atoms with van der Waals surface area (Å²) in [6.07, 6.45) is 6.28. The zero-order valence-corrected chi connectivity index (χ0v) is 29.3. The van der Waals surface area contributed by atoms with Gasteiger partial charge in [0.25, 0.3) is 5.91 Å². The van der Waals surface area contributed by atoms with Gasteiger partial charge in [-0.25, -0.2) is 9.97 Å². The molecular weight excluding hydrogens is 701 g/mol. The van der Waals surface area contributed by atoms with Gasteiger partial charge >= 0.3 is 6.18 Å². The first kappa shape index (κ1) is 35.5. The van der Waals surface area contributed by atoms with E-state index in [1.54, 1.807) is 23.2 Å². The molecule has 6 heterocycles. The van der Waals surface area contributed by atoms with Crippen LogP contribution in [-0.2, 0) is 11.0 Å². The third-order valence-electron chi connectivity index (χ3n) is 11.0. The Hall–Kier alpha value is -5.53. The SMILES string of the molecule is N#Cc1cc2nn(C3CCC(CN4CCC(c5cccn6c(N7CCC(=O)NC7O)cnc56)CC4)CC3)cc2cc1NC(=O)c1cccc(C(F)(F)F)n1. The lowest BCUT2D eigenvalue weighted by Gasteiger charge is -2.37. The Kier molecular flexibility index (Phi) is 9.44. The van der Waals surface area contributed by atoms with Gasteiger partial charge in [-0.2, -0.15) is 23.5 Å². The molecule has 1 aliphatic carbocycles. The maximum atomic E-state index is 13.1. The predicted octanol–water partition coefficient (Wildman–Crippen LogP) is 5.43. The summed E-state index contributed by atoms with van der Waals surface area (Å²) < 4.78 is 43.4. The van der Waals surface area contributed by atoms with Crippen molar-refractivity contribution < 1.29 is 27.9 Å². The number of alkyl halides is 3. The number of carbonyl (C=O) groups excluding carboxylic acids is 2. The predicted molar refractivity (Wildman–Crippen MR) is 192 cm³/mol. The lowest BCUT2D eigenvalue weighted by atomic mass is 9.84. The van der Waals surface area contributed by atoms with Gasteiger partial charge in [0.15, 0.2) is 0 Å². The van der Waals surface area contributed by atoms with E-state index < -0.39 is 29.8 Å². The summed E-state index contributed by atoms with van der Waals surface area (Å²) in [5, 5.41) is 30.9. The average Bonchev–Trinajstić information content (AvgIpc) is 3.79. The van der Waals surface area contributed by atoms with Gasteiger partial charge < -0.3 is 25.5 Å². The van der Waals surface area contributed by atoms with Crippen molar-refractivity contribution in [2.45, 2.75) is 69.4 Å². The van der Waals surface area contributed by atoms with E-state index in [-0.39, 0.29) is 23.2 Å².